The molecule has 6 nitrogen and oxygen atoms in total. The van der Waals surface area contributed by atoms with E-state index in [0.29, 0.717) is 18.0 Å². The summed E-state index contributed by atoms with van der Waals surface area (Å²) in [6.07, 6.45) is 3.16. The van der Waals surface area contributed by atoms with Gasteiger partial charge in [0.25, 0.3) is 5.91 Å². The molecule has 0 saturated heterocycles. The molecular weight excluding hydrogens is 306 g/mol. The van der Waals surface area contributed by atoms with Gasteiger partial charge in [-0.1, -0.05) is 12.1 Å². The van der Waals surface area contributed by atoms with Gasteiger partial charge in [-0.25, -0.2) is 0 Å². The van der Waals surface area contributed by atoms with Crippen molar-refractivity contribution in [1.29, 1.82) is 0 Å². The number of carbonyl (C=O) groups is 1. The molecule has 2 heterocycles. The summed E-state index contributed by atoms with van der Waals surface area (Å²) in [5.74, 6) is 1.19. The molecule has 1 aliphatic heterocycles. The summed E-state index contributed by atoms with van der Waals surface area (Å²) in [5, 5.41) is 4.30. The highest BCUT2D eigenvalue weighted by Gasteiger charge is 2.26. The van der Waals surface area contributed by atoms with E-state index in [1.54, 1.807) is 14.0 Å². The Hall–Kier alpha value is -2.50. The molecule has 0 N–H and O–H groups in total. The minimum atomic E-state index is -0.570. The van der Waals surface area contributed by atoms with Crippen LogP contribution in [0.3, 0.4) is 0 Å². The van der Waals surface area contributed by atoms with Crippen molar-refractivity contribution in [2.45, 2.75) is 32.4 Å². The highest BCUT2D eigenvalue weighted by Crippen LogP contribution is 2.27. The van der Waals surface area contributed by atoms with Gasteiger partial charge in [-0.05, 0) is 31.9 Å². The van der Waals surface area contributed by atoms with Crippen molar-refractivity contribution in [1.82, 2.24) is 14.7 Å². The zero-order valence-electron chi connectivity index (χ0n) is 14.4. The molecule has 0 aliphatic carbocycles. The maximum absolute atomic E-state index is 12.8. The summed E-state index contributed by atoms with van der Waals surface area (Å²) in [6.45, 7) is 3.10. The lowest BCUT2D eigenvalue weighted by Gasteiger charge is -2.25. The Morgan fingerprint density at radius 2 is 2.04 bits per heavy atom. The summed E-state index contributed by atoms with van der Waals surface area (Å²) >= 11 is 0. The third-order valence-electron chi connectivity index (χ3n) is 4.38. The van der Waals surface area contributed by atoms with Crippen LogP contribution in [0.5, 0.6) is 11.5 Å². The van der Waals surface area contributed by atoms with Crippen molar-refractivity contribution in [3.63, 3.8) is 0 Å². The standard InChI is InChI=1S/C18H23N3O3/c1-13(24-17-9-5-4-8-16(17)23-3)18(22)21-10-6-7-15-14(12-21)11-19-20(15)2/h4-5,8-9,11,13H,6-7,10,12H2,1-3H3/t13-/m1/s1. The molecule has 0 radical (unpaired) electrons. The minimum Gasteiger partial charge on any atom is -0.493 e. The van der Waals surface area contributed by atoms with Crippen LogP contribution in [-0.4, -0.2) is 40.3 Å². The number of para-hydroxylation sites is 2. The molecule has 1 amide bonds. The third kappa shape index (κ3) is 3.22. The number of nitrogens with zero attached hydrogens (tertiary/aromatic N) is 3. The fourth-order valence-corrected chi connectivity index (χ4v) is 3.09. The van der Waals surface area contributed by atoms with Gasteiger partial charge in [-0.3, -0.25) is 9.48 Å². The number of hydrogen-bond acceptors (Lipinski definition) is 4. The molecule has 2 aromatic rings. The van der Waals surface area contributed by atoms with E-state index in [1.807, 2.05) is 47.1 Å². The van der Waals surface area contributed by atoms with E-state index in [0.717, 1.165) is 24.9 Å². The Bertz CT molecular complexity index is 726. The Morgan fingerprint density at radius 1 is 1.29 bits per heavy atom. The van der Waals surface area contributed by atoms with Gasteiger partial charge in [0, 0.05) is 31.4 Å². The molecule has 6 heteroatoms. The zero-order chi connectivity index (χ0) is 17.1. The topological polar surface area (TPSA) is 56.6 Å². The van der Waals surface area contributed by atoms with E-state index in [2.05, 4.69) is 5.10 Å². The van der Waals surface area contributed by atoms with E-state index in [9.17, 15) is 4.79 Å². The molecule has 0 bridgehead atoms. The number of rotatable bonds is 4. The van der Waals surface area contributed by atoms with Gasteiger partial charge in [-0.2, -0.15) is 5.10 Å². The molecule has 3 rings (SSSR count). The van der Waals surface area contributed by atoms with Crippen LogP contribution in [0.25, 0.3) is 0 Å². The van der Waals surface area contributed by atoms with Crippen LogP contribution >= 0.6 is 0 Å². The normalized spacial score (nSPS) is 15.4. The minimum absolute atomic E-state index is 0.0161. The second kappa shape index (κ2) is 6.95. The summed E-state index contributed by atoms with van der Waals surface area (Å²) in [7, 11) is 3.54. The number of carbonyl (C=O) groups excluding carboxylic acids is 1. The molecule has 0 spiro atoms. The van der Waals surface area contributed by atoms with Crippen LogP contribution in [0.2, 0.25) is 0 Å². The van der Waals surface area contributed by atoms with Crippen molar-refractivity contribution in [2.75, 3.05) is 13.7 Å². The molecule has 1 atom stereocenters. The average Bonchev–Trinajstić information content (AvgIpc) is 2.82. The molecule has 1 aromatic carbocycles. The summed E-state index contributed by atoms with van der Waals surface area (Å²) in [4.78, 5) is 14.7. The predicted octanol–water partition coefficient (Wildman–Crippen LogP) is 2.17. The van der Waals surface area contributed by atoms with Crippen LogP contribution < -0.4 is 9.47 Å². The first-order valence-electron chi connectivity index (χ1n) is 8.18. The van der Waals surface area contributed by atoms with E-state index in [4.69, 9.17) is 9.47 Å². The van der Waals surface area contributed by atoms with E-state index in [1.165, 1.54) is 5.69 Å². The monoisotopic (exact) mass is 329 g/mol. The van der Waals surface area contributed by atoms with E-state index < -0.39 is 6.10 Å². The maximum Gasteiger partial charge on any atom is 0.263 e. The van der Waals surface area contributed by atoms with Gasteiger partial charge < -0.3 is 14.4 Å². The third-order valence-corrected chi connectivity index (χ3v) is 4.38. The van der Waals surface area contributed by atoms with Gasteiger partial charge in [0.05, 0.1) is 13.3 Å². The van der Waals surface area contributed by atoms with Gasteiger partial charge in [0.1, 0.15) is 0 Å². The Morgan fingerprint density at radius 3 is 2.79 bits per heavy atom. The van der Waals surface area contributed by atoms with E-state index in [-0.39, 0.29) is 5.91 Å². The Kier molecular flexibility index (Phi) is 4.74. The molecule has 1 aromatic heterocycles. The van der Waals surface area contributed by atoms with Crippen molar-refractivity contribution < 1.29 is 14.3 Å². The molecule has 24 heavy (non-hydrogen) atoms. The maximum atomic E-state index is 12.8. The van der Waals surface area contributed by atoms with Crippen LogP contribution in [0, 0.1) is 0 Å². The smallest absolute Gasteiger partial charge is 0.263 e. The van der Waals surface area contributed by atoms with Crippen molar-refractivity contribution in [3.05, 3.63) is 41.7 Å². The lowest BCUT2D eigenvalue weighted by atomic mass is 10.2. The summed E-state index contributed by atoms with van der Waals surface area (Å²) < 4.78 is 13.0. The summed E-state index contributed by atoms with van der Waals surface area (Å²) in [6, 6.07) is 7.37. The molecule has 0 saturated carbocycles. The second-order valence-corrected chi connectivity index (χ2v) is 6.01. The van der Waals surface area contributed by atoms with Crippen LogP contribution in [0.1, 0.15) is 24.6 Å². The largest absolute Gasteiger partial charge is 0.493 e. The summed E-state index contributed by atoms with van der Waals surface area (Å²) in [5.41, 5.74) is 2.33. The Balaban J connectivity index is 1.71. The first-order chi connectivity index (χ1) is 11.6. The Labute approximate surface area is 142 Å². The lowest BCUT2D eigenvalue weighted by Crippen LogP contribution is -2.40. The zero-order valence-corrected chi connectivity index (χ0v) is 14.4. The number of benzene rings is 1. The van der Waals surface area contributed by atoms with Crippen LogP contribution in [-0.2, 0) is 24.8 Å². The van der Waals surface area contributed by atoms with Gasteiger partial charge in [0.2, 0.25) is 0 Å². The quantitative estimate of drug-likeness (QED) is 0.863. The SMILES string of the molecule is COc1ccccc1O[C@H](C)C(=O)N1CCCc2c(cnn2C)C1. The van der Waals surface area contributed by atoms with Crippen molar-refractivity contribution in [3.8, 4) is 11.5 Å². The fraction of sp³-hybridized carbons (Fsp3) is 0.444. The first kappa shape index (κ1) is 16.4. The molecule has 1 aliphatic rings. The van der Waals surface area contributed by atoms with Crippen LogP contribution in [0.15, 0.2) is 30.5 Å². The molecular formula is C18H23N3O3. The lowest BCUT2D eigenvalue weighted by molar-refractivity contribution is -0.138. The number of aromatic nitrogens is 2. The van der Waals surface area contributed by atoms with Gasteiger partial charge in [0.15, 0.2) is 17.6 Å². The van der Waals surface area contributed by atoms with E-state index >= 15 is 0 Å². The molecule has 128 valence electrons. The van der Waals surface area contributed by atoms with Crippen LogP contribution in [0.4, 0.5) is 0 Å². The van der Waals surface area contributed by atoms with Gasteiger partial charge in [-0.15, -0.1) is 0 Å². The number of amides is 1. The fourth-order valence-electron chi connectivity index (χ4n) is 3.09. The number of methoxy groups -OCH3 is 1. The molecule has 0 unspecified atom stereocenters. The number of fused-ring (bicyclic) bond motifs is 1. The highest BCUT2D eigenvalue weighted by atomic mass is 16.5. The number of hydrogen-bond donors (Lipinski definition) is 0. The number of ether oxygens (including phenoxy) is 2. The van der Waals surface area contributed by atoms with Gasteiger partial charge >= 0.3 is 0 Å². The predicted molar refractivity (Wildman–Crippen MR) is 90.0 cm³/mol. The first-order valence-corrected chi connectivity index (χ1v) is 8.18. The molecule has 0 fully saturated rings. The number of aryl methyl sites for hydroxylation is 1. The van der Waals surface area contributed by atoms with Crippen molar-refractivity contribution >= 4 is 5.91 Å². The average molecular weight is 329 g/mol. The highest BCUT2D eigenvalue weighted by molar-refractivity contribution is 5.81. The van der Waals surface area contributed by atoms with Crippen molar-refractivity contribution in [2.24, 2.45) is 7.05 Å². The second-order valence-electron chi connectivity index (χ2n) is 6.01.